The lowest BCUT2D eigenvalue weighted by molar-refractivity contribution is -0.0930. The molecule has 96 valence electrons. The molecule has 2 aromatic rings. The zero-order valence-corrected chi connectivity index (χ0v) is 10.6. The molecule has 2 heterocycles. The second kappa shape index (κ2) is 4.76. The van der Waals surface area contributed by atoms with Gasteiger partial charge in [0.2, 0.25) is 5.95 Å². The van der Waals surface area contributed by atoms with Gasteiger partial charge >= 0.3 is 0 Å². The summed E-state index contributed by atoms with van der Waals surface area (Å²) in [5, 5.41) is 0.657. The van der Waals surface area contributed by atoms with Gasteiger partial charge in [-0.15, -0.1) is 0 Å². The van der Waals surface area contributed by atoms with Crippen LogP contribution in [-0.2, 0) is 16.0 Å². The molecule has 1 fully saturated rings. The highest BCUT2D eigenvalue weighted by Gasteiger charge is 2.18. The predicted molar refractivity (Wildman–Crippen MR) is 69.7 cm³/mol. The number of nitrogen functional groups attached to an aromatic ring is 1. The minimum absolute atomic E-state index is 0.0223. The maximum atomic E-state index is 5.94. The Morgan fingerprint density at radius 3 is 3.11 bits per heavy atom. The van der Waals surface area contributed by atoms with Crippen molar-refractivity contribution in [2.45, 2.75) is 12.6 Å². The summed E-state index contributed by atoms with van der Waals surface area (Å²) in [6.45, 7) is 2.52. The van der Waals surface area contributed by atoms with Crippen molar-refractivity contribution >= 4 is 28.6 Å². The molecule has 0 radical (unpaired) electrons. The molecule has 0 aliphatic carbocycles. The van der Waals surface area contributed by atoms with E-state index >= 15 is 0 Å². The zero-order valence-electron chi connectivity index (χ0n) is 9.80. The first-order valence-electron chi connectivity index (χ1n) is 5.84. The fraction of sp³-hybridized carbons (Fsp3) is 0.417. The number of halogens is 1. The van der Waals surface area contributed by atoms with E-state index in [1.165, 1.54) is 0 Å². The largest absolute Gasteiger partial charge is 0.376 e. The molecule has 1 aliphatic heterocycles. The van der Waals surface area contributed by atoms with Gasteiger partial charge in [0.15, 0.2) is 0 Å². The van der Waals surface area contributed by atoms with Gasteiger partial charge in [-0.3, -0.25) is 0 Å². The lowest BCUT2D eigenvalue weighted by atomic mass is 10.3. The van der Waals surface area contributed by atoms with Gasteiger partial charge in [0.05, 0.1) is 43.5 Å². The van der Waals surface area contributed by atoms with Crippen LogP contribution >= 0.6 is 11.6 Å². The number of imidazole rings is 1. The number of hydrogen-bond acceptors (Lipinski definition) is 4. The van der Waals surface area contributed by atoms with E-state index in [2.05, 4.69) is 4.98 Å². The summed E-state index contributed by atoms with van der Waals surface area (Å²) in [4.78, 5) is 4.30. The third-order valence-corrected chi connectivity index (χ3v) is 3.25. The van der Waals surface area contributed by atoms with Gasteiger partial charge in [-0.05, 0) is 18.2 Å². The number of fused-ring (bicyclic) bond motifs is 1. The molecule has 1 aliphatic rings. The lowest BCUT2D eigenvalue weighted by Gasteiger charge is -2.23. The molecule has 1 unspecified atom stereocenters. The van der Waals surface area contributed by atoms with E-state index in [0.717, 1.165) is 11.0 Å². The Morgan fingerprint density at radius 2 is 2.33 bits per heavy atom. The SMILES string of the molecule is Nc1nc2cc(Cl)ccc2n1CC1COCCO1. The molecule has 0 saturated carbocycles. The van der Waals surface area contributed by atoms with Crippen molar-refractivity contribution in [2.75, 3.05) is 25.6 Å². The number of benzene rings is 1. The smallest absolute Gasteiger partial charge is 0.201 e. The summed E-state index contributed by atoms with van der Waals surface area (Å²) in [5.41, 5.74) is 7.70. The van der Waals surface area contributed by atoms with Crippen molar-refractivity contribution < 1.29 is 9.47 Å². The highest BCUT2D eigenvalue weighted by molar-refractivity contribution is 6.31. The van der Waals surface area contributed by atoms with E-state index in [9.17, 15) is 0 Å². The maximum Gasteiger partial charge on any atom is 0.201 e. The Bertz CT molecular complexity index is 564. The molecule has 1 aromatic carbocycles. The van der Waals surface area contributed by atoms with Crippen LogP contribution in [0.15, 0.2) is 18.2 Å². The molecule has 18 heavy (non-hydrogen) atoms. The topological polar surface area (TPSA) is 62.3 Å². The van der Waals surface area contributed by atoms with E-state index in [4.69, 9.17) is 26.8 Å². The summed E-state index contributed by atoms with van der Waals surface area (Å²) in [7, 11) is 0. The van der Waals surface area contributed by atoms with Crippen molar-refractivity contribution in [3.05, 3.63) is 23.2 Å². The van der Waals surface area contributed by atoms with E-state index < -0.39 is 0 Å². The van der Waals surface area contributed by atoms with Gasteiger partial charge in [-0.2, -0.15) is 0 Å². The molecule has 2 N–H and O–H groups in total. The van der Waals surface area contributed by atoms with Crippen LogP contribution in [0.25, 0.3) is 11.0 Å². The molecular formula is C12H14ClN3O2. The number of hydrogen-bond donors (Lipinski definition) is 1. The van der Waals surface area contributed by atoms with Gasteiger partial charge in [0.25, 0.3) is 0 Å². The number of ether oxygens (including phenoxy) is 2. The average molecular weight is 268 g/mol. The second-order valence-electron chi connectivity index (χ2n) is 4.28. The lowest BCUT2D eigenvalue weighted by Crippen LogP contribution is -2.32. The molecule has 6 heteroatoms. The molecule has 5 nitrogen and oxygen atoms in total. The van der Waals surface area contributed by atoms with Gasteiger partial charge in [-0.25, -0.2) is 4.98 Å². The van der Waals surface area contributed by atoms with E-state index in [1.54, 1.807) is 0 Å². The minimum Gasteiger partial charge on any atom is -0.376 e. The second-order valence-corrected chi connectivity index (χ2v) is 4.72. The van der Waals surface area contributed by atoms with Crippen LogP contribution < -0.4 is 5.73 Å². The monoisotopic (exact) mass is 267 g/mol. The Labute approximate surface area is 109 Å². The maximum absolute atomic E-state index is 5.94. The normalized spacial score (nSPS) is 20.4. The average Bonchev–Trinajstić information content (AvgIpc) is 2.66. The number of rotatable bonds is 2. The summed E-state index contributed by atoms with van der Waals surface area (Å²) in [6, 6.07) is 5.56. The summed E-state index contributed by atoms with van der Waals surface area (Å²) >= 11 is 5.94. The third kappa shape index (κ3) is 2.16. The Balaban J connectivity index is 1.92. The zero-order chi connectivity index (χ0) is 12.5. The first kappa shape index (κ1) is 11.8. The summed E-state index contributed by atoms with van der Waals surface area (Å²) in [6.07, 6.45) is 0.0223. The molecule has 0 amide bonds. The Hall–Kier alpha value is -1.30. The van der Waals surface area contributed by atoms with Crippen LogP contribution in [0, 0.1) is 0 Å². The Morgan fingerprint density at radius 1 is 1.44 bits per heavy atom. The van der Waals surface area contributed by atoms with Crippen molar-refractivity contribution in [3.8, 4) is 0 Å². The van der Waals surface area contributed by atoms with Crippen LogP contribution in [0.2, 0.25) is 5.02 Å². The molecular weight excluding hydrogens is 254 g/mol. The fourth-order valence-corrected chi connectivity index (χ4v) is 2.33. The quantitative estimate of drug-likeness (QED) is 0.899. The molecule has 1 saturated heterocycles. The number of anilines is 1. The van der Waals surface area contributed by atoms with Crippen LogP contribution in [0.3, 0.4) is 0 Å². The molecule has 1 aromatic heterocycles. The highest BCUT2D eigenvalue weighted by atomic mass is 35.5. The van der Waals surface area contributed by atoms with Crippen molar-refractivity contribution in [2.24, 2.45) is 0 Å². The predicted octanol–water partition coefficient (Wildman–Crippen LogP) is 1.69. The molecule has 0 bridgehead atoms. The van der Waals surface area contributed by atoms with E-state index in [1.807, 2.05) is 22.8 Å². The first-order chi connectivity index (χ1) is 8.74. The van der Waals surface area contributed by atoms with Gasteiger partial charge in [0.1, 0.15) is 0 Å². The fourth-order valence-electron chi connectivity index (χ4n) is 2.16. The molecule has 0 spiro atoms. The van der Waals surface area contributed by atoms with Gasteiger partial charge in [-0.1, -0.05) is 11.6 Å². The minimum atomic E-state index is 0.0223. The van der Waals surface area contributed by atoms with Gasteiger partial charge in [0, 0.05) is 5.02 Å². The van der Waals surface area contributed by atoms with Crippen LogP contribution in [0.1, 0.15) is 0 Å². The Kier molecular flexibility index (Phi) is 3.11. The van der Waals surface area contributed by atoms with Crippen molar-refractivity contribution in [1.29, 1.82) is 0 Å². The summed E-state index contributed by atoms with van der Waals surface area (Å²) in [5.74, 6) is 0.474. The molecule has 1 atom stereocenters. The first-order valence-corrected chi connectivity index (χ1v) is 6.22. The van der Waals surface area contributed by atoms with E-state index in [0.29, 0.717) is 37.3 Å². The standard InChI is InChI=1S/C12H14ClN3O2/c13-8-1-2-11-10(5-8)15-12(14)16(11)6-9-7-17-3-4-18-9/h1-2,5,9H,3-4,6-7H2,(H2,14,15). The van der Waals surface area contributed by atoms with Crippen molar-refractivity contribution in [1.82, 2.24) is 9.55 Å². The number of nitrogens with zero attached hydrogens (tertiary/aromatic N) is 2. The van der Waals surface area contributed by atoms with Crippen LogP contribution in [-0.4, -0.2) is 35.5 Å². The van der Waals surface area contributed by atoms with Gasteiger partial charge < -0.3 is 19.8 Å². The number of nitrogens with two attached hydrogens (primary N) is 1. The third-order valence-electron chi connectivity index (χ3n) is 3.01. The highest BCUT2D eigenvalue weighted by Crippen LogP contribution is 2.22. The van der Waals surface area contributed by atoms with Crippen LogP contribution in [0.4, 0.5) is 5.95 Å². The van der Waals surface area contributed by atoms with Crippen LogP contribution in [0.5, 0.6) is 0 Å². The number of aromatic nitrogens is 2. The summed E-state index contributed by atoms with van der Waals surface area (Å²) < 4.78 is 12.9. The van der Waals surface area contributed by atoms with E-state index in [-0.39, 0.29) is 6.10 Å². The molecule has 3 rings (SSSR count). The van der Waals surface area contributed by atoms with Crippen molar-refractivity contribution in [3.63, 3.8) is 0 Å².